The molecule has 156 valence electrons. The molecule has 0 saturated carbocycles. The zero-order chi connectivity index (χ0) is 21.1. The van der Waals surface area contributed by atoms with Crippen molar-refractivity contribution in [2.24, 2.45) is 0 Å². The summed E-state index contributed by atoms with van der Waals surface area (Å²) in [6.07, 6.45) is 5.47. The summed E-state index contributed by atoms with van der Waals surface area (Å²) < 4.78 is 29.3. The molecular weight excluding hydrogens is 384 g/mol. The number of amides is 1. The number of hydrogen-bond donors (Lipinski definition) is 3. The van der Waals surface area contributed by atoms with E-state index < -0.39 is 11.7 Å². The normalized spacial score (nSPS) is 16.6. The lowest BCUT2D eigenvalue weighted by molar-refractivity contribution is 0.102. The fourth-order valence-corrected chi connectivity index (χ4v) is 3.91. The highest BCUT2D eigenvalue weighted by molar-refractivity contribution is 6.05. The number of halogens is 2. The Hall–Kier alpha value is -2.83. The number of rotatable bonds is 4. The van der Waals surface area contributed by atoms with Gasteiger partial charge in [0.05, 0.1) is 0 Å². The molecule has 2 aliphatic rings. The van der Waals surface area contributed by atoms with Gasteiger partial charge in [0.1, 0.15) is 11.6 Å². The highest BCUT2D eigenvalue weighted by Crippen LogP contribution is 2.29. The minimum absolute atomic E-state index is 0.204. The average molecular weight is 409 g/mol. The fourth-order valence-electron chi connectivity index (χ4n) is 3.91. The quantitative estimate of drug-likeness (QED) is 0.707. The predicted molar refractivity (Wildman–Crippen MR) is 116 cm³/mol. The predicted octanol–water partition coefficient (Wildman–Crippen LogP) is 4.28. The van der Waals surface area contributed by atoms with Crippen LogP contribution >= 0.6 is 0 Å². The van der Waals surface area contributed by atoms with Gasteiger partial charge in [0.2, 0.25) is 0 Å². The van der Waals surface area contributed by atoms with Crippen molar-refractivity contribution in [3.8, 4) is 0 Å². The van der Waals surface area contributed by atoms with Crippen LogP contribution in [0.5, 0.6) is 0 Å². The minimum atomic E-state index is -0.462. The van der Waals surface area contributed by atoms with Gasteiger partial charge < -0.3 is 16.0 Å². The van der Waals surface area contributed by atoms with E-state index in [4.69, 9.17) is 0 Å². The molecule has 2 aromatic rings. The Morgan fingerprint density at radius 1 is 0.900 bits per heavy atom. The Morgan fingerprint density at radius 2 is 1.53 bits per heavy atom. The standard InChI is InChI=1S/C24H25F2N3O/c1-15-12-20(17-6-10-28-11-7-17)22(26)14-23(15)29-24(30)18-2-3-19(21(25)13-18)16-4-8-27-9-5-16/h2-4,6,12-14,27-28H,5,7-11H2,1H3,(H,29,30). The summed E-state index contributed by atoms with van der Waals surface area (Å²) >= 11 is 0. The number of anilines is 1. The van der Waals surface area contributed by atoms with E-state index in [1.165, 1.54) is 12.1 Å². The number of nitrogens with one attached hydrogen (secondary N) is 3. The van der Waals surface area contributed by atoms with Crippen molar-refractivity contribution in [2.45, 2.75) is 19.8 Å². The SMILES string of the molecule is Cc1cc(C2=CCNCC2)c(F)cc1NC(=O)c1ccc(C2=CCNCC2)c(F)c1. The maximum absolute atomic E-state index is 14.7. The van der Waals surface area contributed by atoms with Crippen molar-refractivity contribution in [3.05, 3.63) is 76.4 Å². The van der Waals surface area contributed by atoms with E-state index in [0.29, 0.717) is 23.4 Å². The zero-order valence-electron chi connectivity index (χ0n) is 16.9. The second-order valence-corrected chi connectivity index (χ2v) is 7.66. The topological polar surface area (TPSA) is 53.2 Å². The molecule has 0 saturated heterocycles. The molecule has 2 aliphatic heterocycles. The molecule has 2 aromatic carbocycles. The maximum Gasteiger partial charge on any atom is 0.255 e. The molecule has 4 nitrogen and oxygen atoms in total. The van der Waals surface area contributed by atoms with Gasteiger partial charge in [-0.3, -0.25) is 4.79 Å². The van der Waals surface area contributed by atoms with Crippen molar-refractivity contribution >= 4 is 22.7 Å². The molecule has 4 rings (SSSR count). The van der Waals surface area contributed by atoms with Gasteiger partial charge in [-0.2, -0.15) is 0 Å². The first-order chi connectivity index (χ1) is 14.5. The monoisotopic (exact) mass is 409 g/mol. The van der Waals surface area contributed by atoms with E-state index >= 15 is 0 Å². The van der Waals surface area contributed by atoms with Gasteiger partial charge in [-0.05, 0) is 73.8 Å². The average Bonchev–Trinajstić information content (AvgIpc) is 2.77. The Balaban J connectivity index is 1.54. The third-order valence-corrected chi connectivity index (χ3v) is 5.61. The van der Waals surface area contributed by atoms with E-state index in [1.54, 1.807) is 18.2 Å². The Kier molecular flexibility index (Phi) is 6.06. The molecule has 30 heavy (non-hydrogen) atoms. The Labute approximate surface area is 175 Å². The Bertz CT molecular complexity index is 1040. The second kappa shape index (κ2) is 8.90. The lowest BCUT2D eigenvalue weighted by atomic mass is 9.97. The van der Waals surface area contributed by atoms with E-state index in [0.717, 1.165) is 49.2 Å². The Morgan fingerprint density at radius 3 is 2.13 bits per heavy atom. The summed E-state index contributed by atoms with van der Waals surface area (Å²) in [4.78, 5) is 12.7. The first kappa shape index (κ1) is 20.4. The van der Waals surface area contributed by atoms with Crippen LogP contribution in [0.15, 0.2) is 42.5 Å². The molecule has 3 N–H and O–H groups in total. The molecule has 0 radical (unpaired) electrons. The lowest BCUT2D eigenvalue weighted by Crippen LogP contribution is -2.20. The highest BCUT2D eigenvalue weighted by atomic mass is 19.1. The van der Waals surface area contributed by atoms with Gasteiger partial charge in [-0.1, -0.05) is 18.2 Å². The van der Waals surface area contributed by atoms with Gasteiger partial charge in [0.25, 0.3) is 5.91 Å². The number of carbonyl (C=O) groups excluding carboxylic acids is 1. The van der Waals surface area contributed by atoms with Gasteiger partial charge in [0.15, 0.2) is 0 Å². The van der Waals surface area contributed by atoms with Crippen LogP contribution in [-0.4, -0.2) is 32.1 Å². The first-order valence-corrected chi connectivity index (χ1v) is 10.2. The molecule has 2 heterocycles. The molecular formula is C24H25F2N3O. The number of aryl methyl sites for hydroxylation is 1. The summed E-state index contributed by atoms with van der Waals surface area (Å²) in [7, 11) is 0. The zero-order valence-corrected chi connectivity index (χ0v) is 16.9. The molecule has 0 aromatic heterocycles. The van der Waals surface area contributed by atoms with Crippen molar-refractivity contribution in [1.29, 1.82) is 0 Å². The van der Waals surface area contributed by atoms with Crippen LogP contribution in [0.1, 0.15) is 39.9 Å². The van der Waals surface area contributed by atoms with E-state index in [9.17, 15) is 13.6 Å². The van der Waals surface area contributed by atoms with Crippen LogP contribution in [0.3, 0.4) is 0 Å². The van der Waals surface area contributed by atoms with Crippen molar-refractivity contribution in [2.75, 3.05) is 31.5 Å². The molecule has 0 bridgehead atoms. The number of hydrogen-bond acceptors (Lipinski definition) is 3. The highest BCUT2D eigenvalue weighted by Gasteiger charge is 2.17. The van der Waals surface area contributed by atoms with Gasteiger partial charge >= 0.3 is 0 Å². The van der Waals surface area contributed by atoms with E-state index in [2.05, 4.69) is 16.0 Å². The van der Waals surface area contributed by atoms with Crippen LogP contribution < -0.4 is 16.0 Å². The minimum Gasteiger partial charge on any atom is -0.322 e. The summed E-state index contributed by atoms with van der Waals surface area (Å²) in [5, 5.41) is 9.13. The van der Waals surface area contributed by atoms with Crippen LogP contribution in [0.4, 0.5) is 14.5 Å². The molecule has 0 unspecified atom stereocenters. The maximum atomic E-state index is 14.7. The molecule has 1 amide bonds. The third-order valence-electron chi connectivity index (χ3n) is 5.61. The van der Waals surface area contributed by atoms with Crippen LogP contribution in [-0.2, 0) is 0 Å². The number of benzene rings is 2. The van der Waals surface area contributed by atoms with E-state index in [-0.39, 0.29) is 11.4 Å². The summed E-state index contributed by atoms with van der Waals surface area (Å²) in [6.45, 7) is 4.89. The fraction of sp³-hybridized carbons (Fsp3) is 0.292. The summed E-state index contributed by atoms with van der Waals surface area (Å²) in [5.41, 5.74) is 4.36. The van der Waals surface area contributed by atoms with Gasteiger partial charge in [-0.15, -0.1) is 0 Å². The van der Waals surface area contributed by atoms with Crippen LogP contribution in [0.25, 0.3) is 11.1 Å². The van der Waals surface area contributed by atoms with Crippen LogP contribution in [0.2, 0.25) is 0 Å². The second-order valence-electron chi connectivity index (χ2n) is 7.66. The van der Waals surface area contributed by atoms with Crippen molar-refractivity contribution < 1.29 is 13.6 Å². The number of carbonyl (C=O) groups is 1. The molecule has 6 heteroatoms. The third kappa shape index (κ3) is 4.35. The first-order valence-electron chi connectivity index (χ1n) is 10.2. The van der Waals surface area contributed by atoms with Crippen LogP contribution in [0, 0.1) is 18.6 Å². The smallest absolute Gasteiger partial charge is 0.255 e. The van der Waals surface area contributed by atoms with E-state index in [1.807, 2.05) is 19.1 Å². The molecule has 0 spiro atoms. The molecule has 0 atom stereocenters. The molecule has 0 aliphatic carbocycles. The summed E-state index contributed by atoms with van der Waals surface area (Å²) in [5.74, 6) is -1.26. The van der Waals surface area contributed by atoms with Crippen molar-refractivity contribution in [1.82, 2.24) is 10.6 Å². The molecule has 0 fully saturated rings. The van der Waals surface area contributed by atoms with Gasteiger partial charge in [-0.25, -0.2) is 8.78 Å². The van der Waals surface area contributed by atoms with Gasteiger partial charge in [0, 0.05) is 35.5 Å². The lowest BCUT2D eigenvalue weighted by Gasteiger charge is -2.17. The largest absolute Gasteiger partial charge is 0.322 e. The van der Waals surface area contributed by atoms with Crippen molar-refractivity contribution in [3.63, 3.8) is 0 Å². The summed E-state index contributed by atoms with van der Waals surface area (Å²) in [6, 6.07) is 7.59.